The Hall–Kier alpha value is -3.69. The number of amides is 2. The lowest BCUT2D eigenvalue weighted by atomic mass is 10.1. The van der Waals surface area contributed by atoms with Gasteiger partial charge in [0.15, 0.2) is 0 Å². The topological polar surface area (TPSA) is 84.3 Å². The summed E-state index contributed by atoms with van der Waals surface area (Å²) in [5, 5.41) is 2.21. The van der Waals surface area contributed by atoms with E-state index in [4.69, 9.17) is 0 Å². The smallest absolute Gasteiger partial charge is 0.343 e. The normalized spacial score (nSPS) is 11.4. The standard InChI is InChI=1S/C21H19F3N4O3/c1-27(10-14-6-8-15(9-7-14)19(30)25-12-21(22,23)24)18(29)11-28-13-26-17-5-3-2-4-16(17)20(28)31/h2-9,13H,10-12H2,1H3,(H,25,30). The van der Waals surface area contributed by atoms with Crippen LogP contribution in [0.25, 0.3) is 10.9 Å². The van der Waals surface area contributed by atoms with Crippen LogP contribution in [-0.4, -0.2) is 46.0 Å². The zero-order valence-corrected chi connectivity index (χ0v) is 16.5. The molecule has 3 aromatic rings. The molecule has 0 spiro atoms. The molecule has 2 amide bonds. The summed E-state index contributed by atoms with van der Waals surface area (Å²) in [6.07, 6.45) is -3.16. The second-order valence-corrected chi connectivity index (χ2v) is 6.94. The van der Waals surface area contributed by atoms with Gasteiger partial charge in [0.25, 0.3) is 11.5 Å². The van der Waals surface area contributed by atoms with Crippen molar-refractivity contribution in [1.82, 2.24) is 19.8 Å². The fourth-order valence-corrected chi connectivity index (χ4v) is 2.89. The minimum Gasteiger partial charge on any atom is -0.343 e. The molecule has 0 saturated heterocycles. The number of rotatable bonds is 6. The van der Waals surface area contributed by atoms with Crippen LogP contribution in [0.2, 0.25) is 0 Å². The van der Waals surface area contributed by atoms with E-state index in [1.807, 2.05) is 0 Å². The molecule has 3 rings (SSSR count). The molecule has 162 valence electrons. The van der Waals surface area contributed by atoms with Crippen LogP contribution in [0.1, 0.15) is 15.9 Å². The highest BCUT2D eigenvalue weighted by Gasteiger charge is 2.27. The second kappa shape index (κ2) is 8.99. The summed E-state index contributed by atoms with van der Waals surface area (Å²) in [5.74, 6) is -1.16. The SMILES string of the molecule is CN(Cc1ccc(C(=O)NCC(F)(F)F)cc1)C(=O)Cn1cnc2ccccc2c1=O. The molecule has 31 heavy (non-hydrogen) atoms. The van der Waals surface area contributed by atoms with Gasteiger partial charge in [0.2, 0.25) is 5.91 Å². The van der Waals surface area contributed by atoms with Gasteiger partial charge in [-0.1, -0.05) is 24.3 Å². The summed E-state index contributed by atoms with van der Waals surface area (Å²) in [6, 6.07) is 12.7. The molecule has 0 bridgehead atoms. The second-order valence-electron chi connectivity index (χ2n) is 6.94. The van der Waals surface area contributed by atoms with Crippen molar-refractivity contribution in [3.05, 3.63) is 76.3 Å². The Morgan fingerprint density at radius 3 is 2.45 bits per heavy atom. The van der Waals surface area contributed by atoms with Gasteiger partial charge in [-0.2, -0.15) is 13.2 Å². The predicted molar refractivity (Wildman–Crippen MR) is 107 cm³/mol. The maximum atomic E-state index is 12.5. The lowest BCUT2D eigenvalue weighted by Crippen LogP contribution is -2.34. The number of benzene rings is 2. The van der Waals surface area contributed by atoms with Gasteiger partial charge in [0, 0.05) is 19.2 Å². The van der Waals surface area contributed by atoms with Crippen LogP contribution in [0.4, 0.5) is 13.2 Å². The molecule has 1 aromatic heterocycles. The number of fused-ring (bicyclic) bond motifs is 1. The monoisotopic (exact) mass is 432 g/mol. The Balaban J connectivity index is 1.62. The molecule has 0 radical (unpaired) electrons. The molecule has 0 atom stereocenters. The van der Waals surface area contributed by atoms with Crippen molar-refractivity contribution in [2.75, 3.05) is 13.6 Å². The van der Waals surface area contributed by atoms with Gasteiger partial charge in [-0.25, -0.2) is 4.98 Å². The number of nitrogens with zero attached hydrogens (tertiary/aromatic N) is 3. The summed E-state index contributed by atoms with van der Waals surface area (Å²) in [6.45, 7) is -1.40. The largest absolute Gasteiger partial charge is 0.405 e. The third kappa shape index (κ3) is 5.68. The van der Waals surface area contributed by atoms with E-state index in [0.717, 1.165) is 0 Å². The first-order valence-corrected chi connectivity index (χ1v) is 9.26. The van der Waals surface area contributed by atoms with Gasteiger partial charge < -0.3 is 10.2 Å². The lowest BCUT2D eigenvalue weighted by molar-refractivity contribution is -0.131. The van der Waals surface area contributed by atoms with Gasteiger partial charge in [-0.3, -0.25) is 19.0 Å². The number of carbonyl (C=O) groups is 2. The molecule has 1 N–H and O–H groups in total. The average molecular weight is 432 g/mol. The van der Waals surface area contributed by atoms with Crippen LogP contribution in [0.3, 0.4) is 0 Å². The number of para-hydroxylation sites is 1. The number of alkyl halides is 3. The van der Waals surface area contributed by atoms with Crippen LogP contribution in [0.5, 0.6) is 0 Å². The number of aromatic nitrogens is 2. The average Bonchev–Trinajstić information content (AvgIpc) is 2.74. The van der Waals surface area contributed by atoms with E-state index in [9.17, 15) is 27.6 Å². The number of carbonyl (C=O) groups excluding carboxylic acids is 2. The summed E-state index contributed by atoms with van der Waals surface area (Å²) in [5.41, 5.74) is 0.980. The highest BCUT2D eigenvalue weighted by molar-refractivity contribution is 5.94. The molecule has 1 heterocycles. The lowest BCUT2D eigenvalue weighted by Gasteiger charge is -2.18. The van der Waals surface area contributed by atoms with E-state index in [2.05, 4.69) is 4.98 Å². The van der Waals surface area contributed by atoms with Crippen molar-refractivity contribution >= 4 is 22.7 Å². The Labute approximate surface area is 175 Å². The van der Waals surface area contributed by atoms with Gasteiger partial charge in [-0.05, 0) is 29.8 Å². The molecule has 0 fully saturated rings. The van der Waals surface area contributed by atoms with Crippen molar-refractivity contribution < 1.29 is 22.8 Å². The molecule has 0 saturated carbocycles. The highest BCUT2D eigenvalue weighted by Crippen LogP contribution is 2.13. The fraction of sp³-hybridized carbons (Fsp3) is 0.238. The number of hydrogen-bond acceptors (Lipinski definition) is 4. The van der Waals surface area contributed by atoms with Crippen LogP contribution >= 0.6 is 0 Å². The predicted octanol–water partition coefficient (Wildman–Crippen LogP) is 2.35. The van der Waals surface area contributed by atoms with Crippen molar-refractivity contribution in [1.29, 1.82) is 0 Å². The van der Waals surface area contributed by atoms with E-state index in [-0.39, 0.29) is 30.1 Å². The van der Waals surface area contributed by atoms with Crippen molar-refractivity contribution in [3.8, 4) is 0 Å². The molecular weight excluding hydrogens is 413 g/mol. The van der Waals surface area contributed by atoms with Gasteiger partial charge in [-0.15, -0.1) is 0 Å². The van der Waals surface area contributed by atoms with E-state index < -0.39 is 18.6 Å². The van der Waals surface area contributed by atoms with Crippen LogP contribution in [0, 0.1) is 0 Å². The fourth-order valence-electron chi connectivity index (χ4n) is 2.89. The Morgan fingerprint density at radius 1 is 1.10 bits per heavy atom. The minimum absolute atomic E-state index is 0.0794. The zero-order chi connectivity index (χ0) is 22.6. The number of likely N-dealkylation sites (N-methyl/N-ethyl adjacent to an activating group) is 1. The third-order valence-electron chi connectivity index (χ3n) is 4.55. The Kier molecular flexibility index (Phi) is 6.38. The van der Waals surface area contributed by atoms with Gasteiger partial charge in [0.05, 0.1) is 17.2 Å². The molecule has 0 aliphatic heterocycles. The first-order valence-electron chi connectivity index (χ1n) is 9.26. The Morgan fingerprint density at radius 2 is 1.77 bits per heavy atom. The molecule has 10 heteroatoms. The molecule has 0 aliphatic rings. The maximum absolute atomic E-state index is 12.5. The van der Waals surface area contributed by atoms with Crippen LogP contribution < -0.4 is 10.9 Å². The van der Waals surface area contributed by atoms with E-state index in [0.29, 0.717) is 16.5 Å². The molecular formula is C21H19F3N4O3. The first-order chi connectivity index (χ1) is 14.6. The van der Waals surface area contributed by atoms with Crippen molar-refractivity contribution in [2.24, 2.45) is 0 Å². The van der Waals surface area contributed by atoms with Gasteiger partial charge >= 0.3 is 6.18 Å². The van der Waals surface area contributed by atoms with E-state index in [1.54, 1.807) is 48.8 Å². The third-order valence-corrected chi connectivity index (χ3v) is 4.55. The maximum Gasteiger partial charge on any atom is 0.405 e. The van der Waals surface area contributed by atoms with Gasteiger partial charge in [0.1, 0.15) is 13.1 Å². The van der Waals surface area contributed by atoms with Crippen molar-refractivity contribution in [3.63, 3.8) is 0 Å². The Bertz CT molecular complexity index is 1160. The molecule has 0 aliphatic carbocycles. The van der Waals surface area contributed by atoms with Crippen LogP contribution in [-0.2, 0) is 17.9 Å². The molecule has 7 nitrogen and oxygen atoms in total. The molecule has 0 unspecified atom stereocenters. The number of nitrogens with one attached hydrogen (secondary N) is 1. The summed E-state index contributed by atoms with van der Waals surface area (Å²) >= 11 is 0. The minimum atomic E-state index is -4.48. The quantitative estimate of drug-likeness (QED) is 0.648. The summed E-state index contributed by atoms with van der Waals surface area (Å²) in [4.78, 5) is 42.4. The van der Waals surface area contributed by atoms with E-state index in [1.165, 1.54) is 27.9 Å². The first kappa shape index (κ1) is 22.0. The summed E-state index contributed by atoms with van der Waals surface area (Å²) < 4.78 is 37.8. The zero-order valence-electron chi connectivity index (χ0n) is 16.5. The summed E-state index contributed by atoms with van der Waals surface area (Å²) in [7, 11) is 1.56. The highest BCUT2D eigenvalue weighted by atomic mass is 19.4. The number of halogens is 3. The van der Waals surface area contributed by atoms with Crippen molar-refractivity contribution in [2.45, 2.75) is 19.3 Å². The van der Waals surface area contributed by atoms with Crippen LogP contribution in [0.15, 0.2) is 59.7 Å². The molecule has 2 aromatic carbocycles. The number of hydrogen-bond donors (Lipinski definition) is 1. The van der Waals surface area contributed by atoms with E-state index >= 15 is 0 Å².